The number of nitrogens with zero attached hydrogens (tertiary/aromatic N) is 3. The van der Waals surface area contributed by atoms with Crippen molar-refractivity contribution >= 4 is 29.0 Å². The van der Waals surface area contributed by atoms with Gasteiger partial charge >= 0.3 is 5.97 Å². The number of hydrogen-bond donors (Lipinski definition) is 2. The van der Waals surface area contributed by atoms with Crippen molar-refractivity contribution in [2.75, 3.05) is 26.1 Å². The molecule has 10 nitrogen and oxygen atoms in total. The molecule has 1 saturated carbocycles. The highest BCUT2D eigenvalue weighted by Crippen LogP contribution is 2.41. The van der Waals surface area contributed by atoms with Crippen molar-refractivity contribution in [3.8, 4) is 22.9 Å². The molecule has 6 rings (SSSR count). The molecule has 1 atom stereocenters. The molecule has 0 radical (unpaired) electrons. The second-order valence-electron chi connectivity index (χ2n) is 14.5. The Labute approximate surface area is 317 Å². The Morgan fingerprint density at radius 3 is 2.19 bits per heavy atom. The van der Waals surface area contributed by atoms with E-state index < -0.39 is 18.4 Å². The SMILES string of the molecule is CC[C@H]1CC[C@H](C2CC=C(c3cnc(-c4ccc(CN(CC(=O)O)C(=O)c5ccc(NC(=O)Cc6ccc(OC)cc6OC)cc5)cc4)nc3)CC2)CC1. The van der Waals surface area contributed by atoms with Crippen LogP contribution in [0.15, 0.2) is 85.2 Å². The maximum absolute atomic E-state index is 13.5. The average molecular weight is 731 g/mol. The number of carboxylic acid groups (broad SMARTS) is 1. The number of allylic oxidation sites excluding steroid dienone is 2. The van der Waals surface area contributed by atoms with Crippen LogP contribution in [0.5, 0.6) is 11.5 Å². The van der Waals surface area contributed by atoms with Crippen LogP contribution in [0.4, 0.5) is 5.69 Å². The number of rotatable bonds is 14. The van der Waals surface area contributed by atoms with Gasteiger partial charge in [0.1, 0.15) is 18.0 Å². The summed E-state index contributed by atoms with van der Waals surface area (Å²) in [5.41, 5.74) is 5.53. The van der Waals surface area contributed by atoms with Crippen molar-refractivity contribution < 1.29 is 29.0 Å². The van der Waals surface area contributed by atoms with Gasteiger partial charge in [0.15, 0.2) is 5.82 Å². The molecule has 2 amide bonds. The molecule has 0 saturated heterocycles. The number of anilines is 1. The third-order valence-corrected chi connectivity index (χ3v) is 11.1. The molecule has 1 aromatic heterocycles. The Bertz CT molecular complexity index is 1930. The highest BCUT2D eigenvalue weighted by Gasteiger charge is 2.28. The highest BCUT2D eigenvalue weighted by molar-refractivity contribution is 5.97. The minimum Gasteiger partial charge on any atom is -0.497 e. The Morgan fingerprint density at radius 1 is 0.852 bits per heavy atom. The molecule has 54 heavy (non-hydrogen) atoms. The number of ether oxygens (including phenoxy) is 2. The predicted octanol–water partition coefficient (Wildman–Crippen LogP) is 8.47. The summed E-state index contributed by atoms with van der Waals surface area (Å²) in [5.74, 6) is 2.57. The highest BCUT2D eigenvalue weighted by atomic mass is 16.5. The van der Waals surface area contributed by atoms with E-state index in [4.69, 9.17) is 9.47 Å². The first-order valence-corrected chi connectivity index (χ1v) is 19.0. The van der Waals surface area contributed by atoms with Crippen LogP contribution < -0.4 is 14.8 Å². The molecule has 0 spiro atoms. The van der Waals surface area contributed by atoms with E-state index in [-0.39, 0.29) is 18.9 Å². The summed E-state index contributed by atoms with van der Waals surface area (Å²) in [6.07, 6.45) is 16.7. The molecule has 2 aliphatic carbocycles. The number of nitrogens with one attached hydrogen (secondary N) is 1. The summed E-state index contributed by atoms with van der Waals surface area (Å²) in [5, 5.41) is 12.4. The lowest BCUT2D eigenvalue weighted by Crippen LogP contribution is -2.35. The van der Waals surface area contributed by atoms with E-state index in [2.05, 4.69) is 28.3 Å². The van der Waals surface area contributed by atoms with Crippen molar-refractivity contribution in [1.29, 1.82) is 0 Å². The molecule has 1 unspecified atom stereocenters. The third kappa shape index (κ3) is 9.72. The number of carboxylic acids is 1. The van der Waals surface area contributed by atoms with Crippen LogP contribution in [0.3, 0.4) is 0 Å². The first-order valence-electron chi connectivity index (χ1n) is 19.0. The number of aliphatic carboxylic acids is 1. The summed E-state index contributed by atoms with van der Waals surface area (Å²) >= 11 is 0. The van der Waals surface area contributed by atoms with Crippen molar-refractivity contribution in [1.82, 2.24) is 14.9 Å². The normalized spacial score (nSPS) is 18.3. The number of hydrogen-bond acceptors (Lipinski definition) is 7. The number of carbonyl (C=O) groups is 3. The van der Waals surface area contributed by atoms with Crippen LogP contribution in [-0.4, -0.2) is 58.5 Å². The van der Waals surface area contributed by atoms with Crippen LogP contribution in [0.25, 0.3) is 17.0 Å². The molecule has 3 aromatic carbocycles. The van der Waals surface area contributed by atoms with Gasteiger partial charge in [0.25, 0.3) is 5.91 Å². The molecule has 282 valence electrons. The number of amides is 2. The summed E-state index contributed by atoms with van der Waals surface area (Å²) in [4.78, 5) is 48.6. The van der Waals surface area contributed by atoms with Gasteiger partial charge in [0.05, 0.1) is 20.6 Å². The lowest BCUT2D eigenvalue weighted by Gasteiger charge is -2.35. The zero-order valence-corrected chi connectivity index (χ0v) is 31.4. The van der Waals surface area contributed by atoms with E-state index in [1.807, 2.05) is 36.7 Å². The molecule has 10 heteroatoms. The molecule has 0 aliphatic heterocycles. The molecular weight excluding hydrogens is 681 g/mol. The summed E-state index contributed by atoms with van der Waals surface area (Å²) in [6, 6.07) is 19.2. The number of benzene rings is 3. The van der Waals surface area contributed by atoms with E-state index in [1.165, 1.54) is 56.1 Å². The maximum atomic E-state index is 13.5. The monoisotopic (exact) mass is 730 g/mol. The first kappa shape index (κ1) is 38.2. The van der Waals surface area contributed by atoms with Gasteiger partial charge in [-0.2, -0.15) is 0 Å². The molecule has 1 fully saturated rings. The van der Waals surface area contributed by atoms with Crippen LogP contribution in [0.2, 0.25) is 0 Å². The second kappa shape index (κ2) is 18.0. The quantitative estimate of drug-likeness (QED) is 0.132. The van der Waals surface area contributed by atoms with Gasteiger partial charge in [-0.1, -0.05) is 62.6 Å². The third-order valence-electron chi connectivity index (χ3n) is 11.1. The fraction of sp³-hybridized carbons (Fsp3) is 0.386. The van der Waals surface area contributed by atoms with Gasteiger partial charge < -0.3 is 24.8 Å². The molecule has 1 heterocycles. The lowest BCUT2D eigenvalue weighted by atomic mass is 9.71. The largest absolute Gasteiger partial charge is 0.497 e. The van der Waals surface area contributed by atoms with Crippen LogP contribution in [0, 0.1) is 17.8 Å². The average Bonchev–Trinajstić information content (AvgIpc) is 3.21. The number of methoxy groups -OCH3 is 2. The van der Waals surface area contributed by atoms with Crippen molar-refractivity contribution in [3.63, 3.8) is 0 Å². The predicted molar refractivity (Wildman–Crippen MR) is 209 cm³/mol. The molecule has 2 aliphatic rings. The van der Waals surface area contributed by atoms with Gasteiger partial charge in [0.2, 0.25) is 5.91 Å². The fourth-order valence-electron chi connectivity index (χ4n) is 7.85. The molecular formula is C44H50N4O6. The van der Waals surface area contributed by atoms with E-state index >= 15 is 0 Å². The Kier molecular flexibility index (Phi) is 12.7. The van der Waals surface area contributed by atoms with Crippen LogP contribution in [0.1, 0.15) is 85.3 Å². The van der Waals surface area contributed by atoms with Crippen LogP contribution in [-0.2, 0) is 22.6 Å². The second-order valence-corrected chi connectivity index (χ2v) is 14.5. The van der Waals surface area contributed by atoms with Crippen molar-refractivity contribution in [3.05, 3.63) is 107 Å². The zero-order valence-electron chi connectivity index (χ0n) is 31.4. The molecule has 4 aromatic rings. The van der Waals surface area contributed by atoms with E-state index in [9.17, 15) is 19.5 Å². The standard InChI is InChI=1S/C44H50N4O6/c1-4-29-5-9-31(10-6-29)32-13-15-33(16-14-32)37-25-45-43(46-26-37)34-11-7-30(8-12-34)27-48(28-42(50)51)44(52)35-17-20-38(21-18-35)47-41(49)23-36-19-22-39(53-2)24-40(36)54-3/h7-8,11-12,15,17-22,24-26,29,31-32H,4-6,9-10,13-14,16,23,27-28H2,1-3H3,(H,47,49)(H,50,51)/t29-,31-,32?. The van der Waals surface area contributed by atoms with Crippen LogP contribution >= 0.6 is 0 Å². The van der Waals surface area contributed by atoms with Crippen molar-refractivity contribution in [2.24, 2.45) is 17.8 Å². The van der Waals surface area contributed by atoms with E-state index in [0.29, 0.717) is 34.1 Å². The first-order chi connectivity index (χ1) is 26.2. The Balaban J connectivity index is 1.04. The zero-order chi connectivity index (χ0) is 38.0. The van der Waals surface area contributed by atoms with Gasteiger partial charge in [-0.25, -0.2) is 9.97 Å². The van der Waals surface area contributed by atoms with E-state index in [1.54, 1.807) is 49.6 Å². The van der Waals surface area contributed by atoms with Gasteiger partial charge in [0, 0.05) is 52.9 Å². The smallest absolute Gasteiger partial charge is 0.323 e. The maximum Gasteiger partial charge on any atom is 0.323 e. The Morgan fingerprint density at radius 2 is 1.57 bits per heavy atom. The number of aromatic nitrogens is 2. The summed E-state index contributed by atoms with van der Waals surface area (Å²) in [6.45, 7) is 1.96. The van der Waals surface area contributed by atoms with Gasteiger partial charge in [-0.15, -0.1) is 0 Å². The van der Waals surface area contributed by atoms with E-state index in [0.717, 1.165) is 47.3 Å². The fourth-order valence-corrected chi connectivity index (χ4v) is 7.85. The minimum absolute atomic E-state index is 0.0784. The van der Waals surface area contributed by atoms with Gasteiger partial charge in [-0.3, -0.25) is 14.4 Å². The topological polar surface area (TPSA) is 131 Å². The lowest BCUT2D eigenvalue weighted by molar-refractivity contribution is -0.137. The molecule has 2 N–H and O–H groups in total. The van der Waals surface area contributed by atoms with Gasteiger partial charge in [-0.05, 0) is 91.3 Å². The summed E-state index contributed by atoms with van der Waals surface area (Å²) in [7, 11) is 3.09. The minimum atomic E-state index is -1.12. The number of carbonyl (C=O) groups excluding carboxylic acids is 2. The van der Waals surface area contributed by atoms with Crippen molar-refractivity contribution in [2.45, 2.75) is 71.3 Å². The molecule has 0 bridgehead atoms. The Hall–Kier alpha value is -5.51. The summed E-state index contributed by atoms with van der Waals surface area (Å²) < 4.78 is 10.6.